The fourth-order valence-corrected chi connectivity index (χ4v) is 2.65. The molecule has 0 bridgehead atoms. The summed E-state index contributed by atoms with van der Waals surface area (Å²) in [4.78, 5) is 8.58. The van der Waals surface area contributed by atoms with Crippen LogP contribution in [0.5, 0.6) is 11.5 Å². The first kappa shape index (κ1) is 16.4. The maximum Gasteiger partial charge on any atom is 0.231 e. The molecular weight excluding hydrogens is 359 g/mol. The van der Waals surface area contributed by atoms with Gasteiger partial charge in [0.05, 0.1) is 5.02 Å². The van der Waals surface area contributed by atoms with E-state index < -0.39 is 5.82 Å². The number of halogens is 2. The van der Waals surface area contributed by atoms with Crippen LogP contribution < -0.4 is 20.1 Å². The van der Waals surface area contributed by atoms with Gasteiger partial charge in [0.25, 0.3) is 0 Å². The Labute approximate surface area is 154 Å². The molecule has 2 aromatic carbocycles. The molecule has 0 saturated heterocycles. The average Bonchev–Trinajstić information content (AvgIpc) is 3.11. The molecule has 0 radical (unpaired) electrons. The van der Waals surface area contributed by atoms with Crippen LogP contribution in [0, 0.1) is 5.82 Å². The van der Waals surface area contributed by atoms with Crippen LogP contribution in [0.15, 0.2) is 48.7 Å². The average molecular weight is 373 g/mol. The van der Waals surface area contributed by atoms with Gasteiger partial charge in [-0.15, -0.1) is 0 Å². The van der Waals surface area contributed by atoms with E-state index in [9.17, 15) is 4.39 Å². The van der Waals surface area contributed by atoms with Gasteiger partial charge in [-0.3, -0.25) is 0 Å². The van der Waals surface area contributed by atoms with Gasteiger partial charge in [0.1, 0.15) is 11.6 Å². The van der Waals surface area contributed by atoms with E-state index >= 15 is 0 Å². The number of aromatic nitrogens is 2. The van der Waals surface area contributed by atoms with Crippen molar-refractivity contribution >= 4 is 29.1 Å². The smallest absolute Gasteiger partial charge is 0.231 e. The van der Waals surface area contributed by atoms with Gasteiger partial charge in [-0.2, -0.15) is 4.98 Å². The third-order valence-corrected chi connectivity index (χ3v) is 4.02. The van der Waals surface area contributed by atoms with Crippen molar-refractivity contribution in [3.63, 3.8) is 0 Å². The fraction of sp³-hybridized carbons (Fsp3) is 0.111. The Bertz CT molecular complexity index is 954. The van der Waals surface area contributed by atoms with E-state index in [0.717, 1.165) is 17.1 Å². The normalized spacial score (nSPS) is 12.1. The SMILES string of the molecule is Fc1ccc(Nc2ccnc(NCc3ccc4c(c3)OCO4)n2)cc1Cl. The van der Waals surface area contributed by atoms with Gasteiger partial charge < -0.3 is 20.1 Å². The van der Waals surface area contributed by atoms with E-state index in [1.54, 1.807) is 18.3 Å². The number of hydrogen-bond acceptors (Lipinski definition) is 6. The van der Waals surface area contributed by atoms with Crippen molar-refractivity contribution < 1.29 is 13.9 Å². The second-order valence-corrected chi connectivity index (χ2v) is 5.97. The minimum atomic E-state index is -0.467. The van der Waals surface area contributed by atoms with E-state index in [-0.39, 0.29) is 11.8 Å². The predicted octanol–water partition coefficient (Wildman–Crippen LogP) is 4.35. The van der Waals surface area contributed by atoms with Crippen LogP contribution >= 0.6 is 11.6 Å². The largest absolute Gasteiger partial charge is 0.454 e. The monoisotopic (exact) mass is 372 g/mol. The Morgan fingerprint density at radius 3 is 2.85 bits per heavy atom. The summed E-state index contributed by atoms with van der Waals surface area (Å²) in [6.45, 7) is 0.777. The van der Waals surface area contributed by atoms with Crippen LogP contribution in [-0.4, -0.2) is 16.8 Å². The highest BCUT2D eigenvalue weighted by Gasteiger charge is 2.13. The fourth-order valence-electron chi connectivity index (χ4n) is 2.47. The van der Waals surface area contributed by atoms with Gasteiger partial charge in [0, 0.05) is 18.4 Å². The summed E-state index contributed by atoms with van der Waals surface area (Å²) >= 11 is 5.79. The van der Waals surface area contributed by atoms with Crippen molar-refractivity contribution in [1.29, 1.82) is 0 Å². The van der Waals surface area contributed by atoms with Crippen molar-refractivity contribution in [2.45, 2.75) is 6.54 Å². The lowest BCUT2D eigenvalue weighted by molar-refractivity contribution is 0.174. The molecular formula is C18H14ClFN4O2. The summed E-state index contributed by atoms with van der Waals surface area (Å²) in [5, 5.41) is 6.27. The van der Waals surface area contributed by atoms with E-state index in [1.165, 1.54) is 12.1 Å². The summed E-state index contributed by atoms with van der Waals surface area (Å²) in [5.74, 6) is 2.03. The van der Waals surface area contributed by atoms with Gasteiger partial charge in [-0.25, -0.2) is 9.37 Å². The minimum absolute atomic E-state index is 0.0465. The van der Waals surface area contributed by atoms with Crippen molar-refractivity contribution in [2.24, 2.45) is 0 Å². The van der Waals surface area contributed by atoms with Gasteiger partial charge in [-0.1, -0.05) is 17.7 Å². The number of fused-ring (bicyclic) bond motifs is 1. The van der Waals surface area contributed by atoms with Crippen molar-refractivity contribution in [3.05, 3.63) is 65.1 Å². The van der Waals surface area contributed by atoms with E-state index in [0.29, 0.717) is 24.0 Å². The van der Waals surface area contributed by atoms with Gasteiger partial charge in [0.2, 0.25) is 12.7 Å². The van der Waals surface area contributed by atoms with Gasteiger partial charge in [-0.05, 0) is 42.0 Å². The molecule has 1 aliphatic heterocycles. The Morgan fingerprint density at radius 1 is 1.08 bits per heavy atom. The number of nitrogens with zero attached hydrogens (tertiary/aromatic N) is 2. The number of anilines is 3. The quantitative estimate of drug-likeness (QED) is 0.693. The van der Waals surface area contributed by atoms with Crippen molar-refractivity contribution in [3.8, 4) is 11.5 Å². The Hall–Kier alpha value is -3.06. The highest BCUT2D eigenvalue weighted by Crippen LogP contribution is 2.32. The maximum atomic E-state index is 13.2. The van der Waals surface area contributed by atoms with Crippen molar-refractivity contribution in [1.82, 2.24) is 9.97 Å². The Balaban J connectivity index is 1.43. The van der Waals surface area contributed by atoms with Gasteiger partial charge in [0.15, 0.2) is 11.5 Å². The van der Waals surface area contributed by atoms with E-state index in [2.05, 4.69) is 20.6 Å². The molecule has 0 aliphatic carbocycles. The maximum absolute atomic E-state index is 13.2. The highest BCUT2D eigenvalue weighted by atomic mass is 35.5. The van der Waals surface area contributed by atoms with Crippen LogP contribution in [-0.2, 0) is 6.54 Å². The zero-order valence-electron chi connectivity index (χ0n) is 13.5. The first-order valence-electron chi connectivity index (χ1n) is 7.85. The summed E-state index contributed by atoms with van der Waals surface area (Å²) in [5.41, 5.74) is 1.65. The first-order valence-corrected chi connectivity index (χ1v) is 8.23. The number of hydrogen-bond donors (Lipinski definition) is 2. The molecule has 0 spiro atoms. The molecule has 0 amide bonds. The Morgan fingerprint density at radius 2 is 1.96 bits per heavy atom. The third-order valence-electron chi connectivity index (χ3n) is 3.74. The number of ether oxygens (including phenoxy) is 2. The summed E-state index contributed by atoms with van der Waals surface area (Å²) in [6, 6.07) is 11.8. The lowest BCUT2D eigenvalue weighted by Crippen LogP contribution is -2.05. The predicted molar refractivity (Wildman–Crippen MR) is 96.6 cm³/mol. The zero-order chi connectivity index (χ0) is 17.9. The topological polar surface area (TPSA) is 68.3 Å². The second-order valence-electron chi connectivity index (χ2n) is 5.56. The van der Waals surface area contributed by atoms with Crippen molar-refractivity contribution in [2.75, 3.05) is 17.4 Å². The van der Waals surface area contributed by atoms with Crippen LogP contribution in [0.4, 0.5) is 21.8 Å². The molecule has 0 fully saturated rings. The lowest BCUT2D eigenvalue weighted by Gasteiger charge is -2.09. The number of nitrogens with one attached hydrogen (secondary N) is 2. The number of benzene rings is 2. The molecule has 2 heterocycles. The first-order chi connectivity index (χ1) is 12.7. The third kappa shape index (κ3) is 3.62. The van der Waals surface area contributed by atoms with Crippen LogP contribution in [0.2, 0.25) is 5.02 Å². The molecule has 26 heavy (non-hydrogen) atoms. The summed E-state index contributed by atoms with van der Waals surface area (Å²) in [7, 11) is 0. The zero-order valence-corrected chi connectivity index (χ0v) is 14.3. The lowest BCUT2D eigenvalue weighted by atomic mass is 10.2. The standard InChI is InChI=1S/C18H14ClFN4O2/c19-13-8-12(2-3-14(13)20)23-17-5-6-21-18(24-17)22-9-11-1-4-15-16(7-11)26-10-25-15/h1-8H,9-10H2,(H2,21,22,23,24). The van der Waals surface area contributed by atoms with E-state index in [4.69, 9.17) is 21.1 Å². The summed E-state index contributed by atoms with van der Waals surface area (Å²) in [6.07, 6.45) is 1.63. The Kier molecular flexibility index (Phi) is 4.45. The van der Waals surface area contributed by atoms with Gasteiger partial charge >= 0.3 is 0 Å². The molecule has 1 aliphatic rings. The minimum Gasteiger partial charge on any atom is -0.454 e. The molecule has 0 saturated carbocycles. The molecule has 0 atom stereocenters. The molecule has 4 rings (SSSR count). The second kappa shape index (κ2) is 7.05. The molecule has 6 nitrogen and oxygen atoms in total. The highest BCUT2D eigenvalue weighted by molar-refractivity contribution is 6.31. The molecule has 2 N–H and O–H groups in total. The molecule has 0 unspecified atom stereocenters. The van der Waals surface area contributed by atoms with Crippen LogP contribution in [0.1, 0.15) is 5.56 Å². The summed E-state index contributed by atoms with van der Waals surface area (Å²) < 4.78 is 23.9. The van der Waals surface area contributed by atoms with Crippen LogP contribution in [0.3, 0.4) is 0 Å². The molecule has 3 aromatic rings. The number of rotatable bonds is 5. The van der Waals surface area contributed by atoms with Crippen LogP contribution in [0.25, 0.3) is 0 Å². The molecule has 8 heteroatoms. The molecule has 1 aromatic heterocycles. The van der Waals surface area contributed by atoms with E-state index in [1.807, 2.05) is 18.2 Å². The molecule has 132 valence electrons.